The molecule has 1 saturated heterocycles. The number of nitrogens with one attached hydrogen (secondary N) is 4. The number of rotatable bonds is 5. The van der Waals surface area contributed by atoms with Crippen molar-refractivity contribution in [2.24, 2.45) is 0 Å². The predicted molar refractivity (Wildman–Crippen MR) is 111 cm³/mol. The number of urea groups is 1. The molecule has 6 N–H and O–H groups in total. The molecule has 166 valence electrons. The quantitative estimate of drug-likeness (QED) is 0.356. The summed E-state index contributed by atoms with van der Waals surface area (Å²) < 4.78 is 0. The number of ketones is 1. The second-order valence-corrected chi connectivity index (χ2v) is 7.67. The average molecular weight is 430 g/mol. The molecule has 1 aromatic carbocycles. The van der Waals surface area contributed by atoms with Crippen LogP contribution in [0.25, 0.3) is 0 Å². The van der Waals surface area contributed by atoms with Crippen LogP contribution < -0.4 is 21.3 Å². The first kappa shape index (κ1) is 22.4. The van der Waals surface area contributed by atoms with Gasteiger partial charge in [-0.2, -0.15) is 0 Å². The van der Waals surface area contributed by atoms with Crippen molar-refractivity contribution in [3.05, 3.63) is 41.5 Å². The Morgan fingerprint density at radius 3 is 2.45 bits per heavy atom. The molecule has 0 saturated carbocycles. The largest absolute Gasteiger partial charge is 0.390 e. The first-order chi connectivity index (χ1) is 14.7. The Morgan fingerprint density at radius 2 is 1.81 bits per heavy atom. The zero-order valence-electron chi connectivity index (χ0n) is 17.1. The van der Waals surface area contributed by atoms with Crippen molar-refractivity contribution in [2.75, 3.05) is 11.9 Å². The number of aliphatic hydroxyl groups is 2. The lowest BCUT2D eigenvalue weighted by Gasteiger charge is -2.31. The summed E-state index contributed by atoms with van der Waals surface area (Å²) in [6.45, 7) is 2.00. The highest BCUT2D eigenvalue weighted by Crippen LogP contribution is 2.21. The van der Waals surface area contributed by atoms with E-state index in [4.69, 9.17) is 0 Å². The number of benzene rings is 1. The van der Waals surface area contributed by atoms with Crippen molar-refractivity contribution < 1.29 is 29.4 Å². The van der Waals surface area contributed by atoms with Gasteiger partial charge in [0.1, 0.15) is 12.1 Å². The molecule has 0 bridgehead atoms. The molecule has 1 aliphatic heterocycles. The van der Waals surface area contributed by atoms with E-state index in [1.807, 2.05) is 0 Å². The minimum absolute atomic E-state index is 0.100. The van der Waals surface area contributed by atoms with E-state index in [1.165, 1.54) is 13.0 Å². The first-order valence-corrected chi connectivity index (χ1v) is 10.1. The van der Waals surface area contributed by atoms with E-state index in [0.29, 0.717) is 24.2 Å². The van der Waals surface area contributed by atoms with Crippen LogP contribution in [0.5, 0.6) is 0 Å². The van der Waals surface area contributed by atoms with Crippen LogP contribution >= 0.6 is 0 Å². The van der Waals surface area contributed by atoms with Gasteiger partial charge in [0.15, 0.2) is 5.78 Å². The van der Waals surface area contributed by atoms with Crippen molar-refractivity contribution in [2.45, 2.75) is 50.5 Å². The van der Waals surface area contributed by atoms with Crippen LogP contribution in [0.4, 0.5) is 10.5 Å². The van der Waals surface area contributed by atoms with Gasteiger partial charge in [-0.15, -0.1) is 0 Å². The number of anilines is 1. The van der Waals surface area contributed by atoms with E-state index in [9.17, 15) is 29.4 Å². The highest BCUT2D eigenvalue weighted by atomic mass is 16.3. The Kier molecular flexibility index (Phi) is 7.03. The number of carbonyl (C=O) groups is 4. The van der Waals surface area contributed by atoms with E-state index in [0.717, 1.165) is 6.42 Å². The summed E-state index contributed by atoms with van der Waals surface area (Å²) in [5.74, 6) is -0.890. The third kappa shape index (κ3) is 5.68. The van der Waals surface area contributed by atoms with E-state index in [2.05, 4.69) is 21.3 Å². The Hall–Kier alpha value is -3.24. The van der Waals surface area contributed by atoms with Crippen molar-refractivity contribution >= 4 is 29.3 Å². The summed E-state index contributed by atoms with van der Waals surface area (Å²) >= 11 is 0. The van der Waals surface area contributed by atoms with Gasteiger partial charge in [0.25, 0.3) is 0 Å². The molecule has 10 nitrogen and oxygen atoms in total. The number of hydrogen-bond acceptors (Lipinski definition) is 6. The molecule has 0 unspecified atom stereocenters. The zero-order chi connectivity index (χ0) is 22.5. The van der Waals surface area contributed by atoms with Gasteiger partial charge in [-0.25, -0.2) is 4.79 Å². The van der Waals surface area contributed by atoms with Gasteiger partial charge >= 0.3 is 6.03 Å². The number of hydrogen-bond donors (Lipinski definition) is 6. The topological polar surface area (TPSA) is 157 Å². The molecule has 4 atom stereocenters. The predicted octanol–water partition coefficient (Wildman–Crippen LogP) is -0.174. The molecule has 1 aromatic rings. The van der Waals surface area contributed by atoms with Gasteiger partial charge in [-0.3, -0.25) is 14.4 Å². The molecular weight excluding hydrogens is 404 g/mol. The maximum atomic E-state index is 12.6. The normalized spacial score (nSPS) is 25.6. The van der Waals surface area contributed by atoms with Gasteiger partial charge in [-0.1, -0.05) is 6.08 Å². The summed E-state index contributed by atoms with van der Waals surface area (Å²) in [5.41, 5.74) is 1.10. The number of amides is 4. The Balaban J connectivity index is 1.64. The Labute approximate surface area is 179 Å². The Morgan fingerprint density at radius 1 is 1.10 bits per heavy atom. The minimum atomic E-state index is -1.31. The second-order valence-electron chi connectivity index (χ2n) is 7.67. The third-order valence-corrected chi connectivity index (χ3v) is 5.30. The smallest absolute Gasteiger partial charge is 0.319 e. The number of piperidine rings is 1. The van der Waals surface area contributed by atoms with Gasteiger partial charge in [0.05, 0.1) is 12.1 Å². The van der Waals surface area contributed by atoms with Crippen molar-refractivity contribution in [3.63, 3.8) is 0 Å². The first-order valence-electron chi connectivity index (χ1n) is 10.1. The van der Waals surface area contributed by atoms with Gasteiger partial charge in [0, 0.05) is 29.8 Å². The standard InChI is InChI=1S/C21H26N4O6/c1-11(26)12-4-6-14(7-5-12)23-21(31)25-16-9-13(10-17(27)18(16)28)19(29)24-15-3-2-8-22-20(15)30/h4-7,9,15-18,27-28H,2-3,8,10H2,1H3,(H,22,30)(H,24,29)(H2,23,25,31)/t15-,16+,17+,18+/m0/s1. The van der Waals surface area contributed by atoms with Crippen molar-refractivity contribution in [3.8, 4) is 0 Å². The van der Waals surface area contributed by atoms with Gasteiger partial charge in [-0.05, 0) is 44.0 Å². The lowest BCUT2D eigenvalue weighted by atomic mass is 9.89. The second kappa shape index (κ2) is 9.71. The fourth-order valence-corrected chi connectivity index (χ4v) is 3.53. The maximum Gasteiger partial charge on any atom is 0.319 e. The summed E-state index contributed by atoms with van der Waals surface area (Å²) in [6.07, 6.45) is -0.0249. The molecule has 0 spiro atoms. The van der Waals surface area contributed by atoms with Crippen LogP contribution in [0.1, 0.15) is 36.5 Å². The molecule has 31 heavy (non-hydrogen) atoms. The van der Waals surface area contributed by atoms with Crippen LogP contribution in [0, 0.1) is 0 Å². The molecule has 2 aliphatic rings. The molecular formula is C21H26N4O6. The van der Waals surface area contributed by atoms with Crippen LogP contribution in [0.2, 0.25) is 0 Å². The number of aliphatic hydroxyl groups excluding tert-OH is 2. The van der Waals surface area contributed by atoms with E-state index < -0.39 is 36.2 Å². The molecule has 0 aromatic heterocycles. The molecule has 0 radical (unpaired) electrons. The van der Waals surface area contributed by atoms with E-state index in [1.54, 1.807) is 24.3 Å². The third-order valence-electron chi connectivity index (χ3n) is 5.30. The SMILES string of the molecule is CC(=O)c1ccc(NC(=O)N[C@@H]2C=C(C(=O)N[C@H]3CCCNC3=O)C[C@@H](O)[C@@H]2O)cc1. The summed E-state index contributed by atoms with van der Waals surface area (Å²) in [5, 5.41) is 30.8. The van der Waals surface area contributed by atoms with Crippen molar-refractivity contribution in [1.29, 1.82) is 0 Å². The summed E-state index contributed by atoms with van der Waals surface area (Å²) in [4.78, 5) is 48.1. The molecule has 4 amide bonds. The molecule has 1 fully saturated rings. The minimum Gasteiger partial charge on any atom is -0.390 e. The summed E-state index contributed by atoms with van der Waals surface area (Å²) in [6, 6.07) is 3.94. The van der Waals surface area contributed by atoms with Crippen LogP contribution in [0.15, 0.2) is 35.9 Å². The monoisotopic (exact) mass is 430 g/mol. The Bertz CT molecular complexity index is 898. The molecule has 1 aliphatic carbocycles. The average Bonchev–Trinajstić information content (AvgIpc) is 2.73. The van der Waals surface area contributed by atoms with E-state index in [-0.39, 0.29) is 23.7 Å². The molecule has 3 rings (SSSR count). The summed E-state index contributed by atoms with van der Waals surface area (Å²) in [7, 11) is 0. The highest BCUT2D eigenvalue weighted by Gasteiger charge is 2.35. The van der Waals surface area contributed by atoms with E-state index >= 15 is 0 Å². The maximum absolute atomic E-state index is 12.6. The van der Waals surface area contributed by atoms with Crippen molar-refractivity contribution in [1.82, 2.24) is 16.0 Å². The lowest BCUT2D eigenvalue weighted by Crippen LogP contribution is -2.54. The van der Waals surface area contributed by atoms with Crippen LogP contribution in [-0.4, -0.2) is 64.7 Å². The van der Waals surface area contributed by atoms with Crippen LogP contribution in [0.3, 0.4) is 0 Å². The molecule has 1 heterocycles. The fourth-order valence-electron chi connectivity index (χ4n) is 3.53. The van der Waals surface area contributed by atoms with Gasteiger partial charge < -0.3 is 31.5 Å². The zero-order valence-corrected chi connectivity index (χ0v) is 17.1. The lowest BCUT2D eigenvalue weighted by molar-refractivity contribution is -0.129. The fraction of sp³-hybridized carbons (Fsp3) is 0.429. The highest BCUT2D eigenvalue weighted by molar-refractivity contribution is 5.98. The number of Topliss-reactive ketones (excluding diaryl/α,β-unsaturated/α-hetero) is 1. The number of carbonyl (C=O) groups excluding carboxylic acids is 4. The van der Waals surface area contributed by atoms with Crippen LogP contribution in [-0.2, 0) is 9.59 Å². The van der Waals surface area contributed by atoms with Gasteiger partial charge in [0.2, 0.25) is 11.8 Å². The molecule has 10 heteroatoms.